The van der Waals surface area contributed by atoms with Crippen LogP contribution in [0, 0.1) is 19.7 Å². The second-order valence-electron chi connectivity index (χ2n) is 7.48. The zero-order valence-corrected chi connectivity index (χ0v) is 17.8. The van der Waals surface area contributed by atoms with Crippen LogP contribution in [0.2, 0.25) is 0 Å². The Bertz CT molecular complexity index is 1100. The lowest BCUT2D eigenvalue weighted by Gasteiger charge is -2.26. The SMILES string of the molecule is Cc1cccc(N2C(=NC(=O)Cc3ccc(F)cc3)SC3CS(=O)(=O)CC32)c1C. The van der Waals surface area contributed by atoms with Gasteiger partial charge in [-0.05, 0) is 48.7 Å². The second kappa shape index (κ2) is 7.57. The lowest BCUT2D eigenvalue weighted by Crippen LogP contribution is -2.38. The second-order valence-corrected chi connectivity index (χ2v) is 10.8. The maximum absolute atomic E-state index is 13.1. The number of sulfone groups is 1. The first-order chi connectivity index (χ1) is 13.7. The number of nitrogens with zero attached hydrogens (tertiary/aromatic N) is 2. The third kappa shape index (κ3) is 4.09. The molecule has 0 spiro atoms. The van der Waals surface area contributed by atoms with Crippen molar-refractivity contribution in [3.8, 4) is 0 Å². The molecule has 29 heavy (non-hydrogen) atoms. The molecule has 2 unspecified atom stereocenters. The summed E-state index contributed by atoms with van der Waals surface area (Å²) in [6.45, 7) is 3.99. The van der Waals surface area contributed by atoms with Gasteiger partial charge in [-0.1, -0.05) is 36.0 Å². The molecule has 0 bridgehead atoms. The van der Waals surface area contributed by atoms with Gasteiger partial charge in [0.25, 0.3) is 5.91 Å². The molecular weight excluding hydrogens is 411 g/mol. The number of thioether (sulfide) groups is 1. The number of halogens is 1. The molecule has 0 N–H and O–H groups in total. The molecule has 2 aromatic carbocycles. The first-order valence-corrected chi connectivity index (χ1v) is 12.0. The molecule has 2 atom stereocenters. The molecule has 8 heteroatoms. The van der Waals surface area contributed by atoms with Gasteiger partial charge in [-0.2, -0.15) is 4.99 Å². The van der Waals surface area contributed by atoms with Gasteiger partial charge in [0.1, 0.15) is 5.82 Å². The van der Waals surface area contributed by atoms with Crippen molar-refractivity contribution in [1.29, 1.82) is 0 Å². The number of carbonyl (C=O) groups excluding carboxylic acids is 1. The minimum atomic E-state index is -3.11. The zero-order valence-electron chi connectivity index (χ0n) is 16.1. The van der Waals surface area contributed by atoms with Crippen molar-refractivity contribution in [3.63, 3.8) is 0 Å². The molecule has 2 heterocycles. The molecule has 5 nitrogen and oxygen atoms in total. The first kappa shape index (κ1) is 20.1. The number of amides is 1. The summed E-state index contributed by atoms with van der Waals surface area (Å²) in [5.74, 6) is -0.538. The van der Waals surface area contributed by atoms with Gasteiger partial charge in [0.2, 0.25) is 0 Å². The Labute approximate surface area is 173 Å². The minimum Gasteiger partial charge on any atom is -0.315 e. The van der Waals surface area contributed by atoms with Gasteiger partial charge in [-0.3, -0.25) is 4.79 Å². The summed E-state index contributed by atoms with van der Waals surface area (Å²) in [5, 5.41) is 0.396. The van der Waals surface area contributed by atoms with Gasteiger partial charge < -0.3 is 4.90 Å². The van der Waals surface area contributed by atoms with Crippen LogP contribution in [0.4, 0.5) is 10.1 Å². The molecular formula is C21H21FN2O3S2. The van der Waals surface area contributed by atoms with Crippen molar-refractivity contribution in [1.82, 2.24) is 0 Å². The first-order valence-electron chi connectivity index (χ1n) is 9.32. The number of aryl methyl sites for hydroxylation is 1. The van der Waals surface area contributed by atoms with Crippen LogP contribution in [0.3, 0.4) is 0 Å². The normalized spacial score (nSPS) is 24.1. The largest absolute Gasteiger partial charge is 0.315 e. The Hall–Kier alpha value is -2.19. The molecule has 2 aliphatic heterocycles. The third-order valence-corrected chi connectivity index (χ3v) is 8.60. The summed E-state index contributed by atoms with van der Waals surface area (Å²) in [7, 11) is -3.11. The molecule has 0 saturated carbocycles. The molecule has 152 valence electrons. The highest BCUT2D eigenvalue weighted by molar-refractivity contribution is 8.16. The third-order valence-electron chi connectivity index (χ3n) is 5.39. The number of hydrogen-bond donors (Lipinski definition) is 0. The fraction of sp³-hybridized carbons (Fsp3) is 0.333. The summed E-state index contributed by atoms with van der Waals surface area (Å²) >= 11 is 1.36. The summed E-state index contributed by atoms with van der Waals surface area (Å²) in [5.41, 5.74) is 3.70. The van der Waals surface area contributed by atoms with Gasteiger partial charge in [-0.15, -0.1) is 0 Å². The number of fused-ring (bicyclic) bond motifs is 1. The van der Waals surface area contributed by atoms with Crippen molar-refractivity contribution in [3.05, 3.63) is 65.0 Å². The Kier molecular flexibility index (Phi) is 5.25. The van der Waals surface area contributed by atoms with E-state index >= 15 is 0 Å². The molecule has 0 radical (unpaired) electrons. The number of rotatable bonds is 3. The van der Waals surface area contributed by atoms with Crippen molar-refractivity contribution < 1.29 is 17.6 Å². The minimum absolute atomic E-state index is 0.0588. The van der Waals surface area contributed by atoms with Gasteiger partial charge in [-0.25, -0.2) is 12.8 Å². The molecule has 1 amide bonds. The number of carbonyl (C=O) groups is 1. The number of hydrogen-bond acceptors (Lipinski definition) is 4. The van der Waals surface area contributed by atoms with Crippen LogP contribution in [0.5, 0.6) is 0 Å². The van der Waals surface area contributed by atoms with Crippen LogP contribution in [-0.4, -0.2) is 42.3 Å². The molecule has 4 rings (SSSR count). The predicted octanol–water partition coefficient (Wildman–Crippen LogP) is 3.29. The summed E-state index contributed by atoms with van der Waals surface area (Å²) in [6.07, 6.45) is 0.0681. The predicted molar refractivity (Wildman–Crippen MR) is 115 cm³/mol. The van der Waals surface area contributed by atoms with Gasteiger partial charge in [0.15, 0.2) is 15.0 Å². The van der Waals surface area contributed by atoms with E-state index in [2.05, 4.69) is 4.99 Å². The Morgan fingerprint density at radius 1 is 1.17 bits per heavy atom. The van der Waals surface area contributed by atoms with E-state index in [4.69, 9.17) is 0 Å². The zero-order chi connectivity index (χ0) is 20.8. The maximum Gasteiger partial charge on any atom is 0.252 e. The standard InChI is InChI=1S/C21H21FN2O3S2/c1-13-4-3-5-17(14(13)2)24-18-11-29(26,27)12-19(18)28-21(24)23-20(25)10-15-6-8-16(22)9-7-15/h3-9,18-19H,10-12H2,1-2H3. The van der Waals surface area contributed by atoms with Crippen LogP contribution in [0.15, 0.2) is 47.5 Å². The van der Waals surface area contributed by atoms with E-state index in [0.717, 1.165) is 16.8 Å². The Balaban J connectivity index is 1.67. The fourth-order valence-corrected chi connectivity index (χ4v) is 7.69. The summed E-state index contributed by atoms with van der Waals surface area (Å²) in [4.78, 5) is 18.8. The highest BCUT2D eigenvalue weighted by Crippen LogP contribution is 2.42. The van der Waals surface area contributed by atoms with E-state index in [1.807, 2.05) is 36.9 Å². The van der Waals surface area contributed by atoms with Crippen LogP contribution in [-0.2, 0) is 21.1 Å². The fourth-order valence-electron chi connectivity index (χ4n) is 3.77. The van der Waals surface area contributed by atoms with Crippen molar-refractivity contribution in [2.75, 3.05) is 16.4 Å². The molecule has 2 fully saturated rings. The quantitative estimate of drug-likeness (QED) is 0.745. The van der Waals surface area contributed by atoms with Crippen LogP contribution in [0.25, 0.3) is 0 Å². The van der Waals surface area contributed by atoms with Crippen LogP contribution >= 0.6 is 11.8 Å². The topological polar surface area (TPSA) is 66.8 Å². The van der Waals surface area contributed by atoms with E-state index in [1.54, 1.807) is 12.1 Å². The smallest absolute Gasteiger partial charge is 0.252 e. The summed E-state index contributed by atoms with van der Waals surface area (Å²) < 4.78 is 37.5. The number of aliphatic imine (C=N–C) groups is 1. The van der Waals surface area contributed by atoms with E-state index in [0.29, 0.717) is 10.7 Å². The molecule has 0 aromatic heterocycles. The average Bonchev–Trinajstić information content (AvgIpc) is 3.10. The maximum atomic E-state index is 13.1. The van der Waals surface area contributed by atoms with Crippen molar-refractivity contribution in [2.24, 2.45) is 4.99 Å². The average molecular weight is 433 g/mol. The van der Waals surface area contributed by atoms with Crippen molar-refractivity contribution >= 4 is 38.4 Å². The highest BCUT2D eigenvalue weighted by atomic mass is 32.2. The van der Waals surface area contributed by atoms with E-state index in [1.165, 1.54) is 23.9 Å². The number of anilines is 1. The highest BCUT2D eigenvalue weighted by Gasteiger charge is 2.49. The van der Waals surface area contributed by atoms with E-state index < -0.39 is 9.84 Å². The van der Waals surface area contributed by atoms with Gasteiger partial charge in [0.05, 0.1) is 24.0 Å². The molecule has 2 saturated heterocycles. The van der Waals surface area contributed by atoms with E-state index in [9.17, 15) is 17.6 Å². The van der Waals surface area contributed by atoms with Crippen molar-refractivity contribution in [2.45, 2.75) is 31.6 Å². The Morgan fingerprint density at radius 3 is 2.62 bits per heavy atom. The van der Waals surface area contributed by atoms with Gasteiger partial charge >= 0.3 is 0 Å². The van der Waals surface area contributed by atoms with Crippen LogP contribution in [0.1, 0.15) is 16.7 Å². The molecule has 0 aliphatic carbocycles. The van der Waals surface area contributed by atoms with Gasteiger partial charge in [0, 0.05) is 10.9 Å². The lowest BCUT2D eigenvalue weighted by atomic mass is 10.1. The van der Waals surface area contributed by atoms with Crippen LogP contribution < -0.4 is 4.90 Å². The molecule has 2 aliphatic rings. The monoisotopic (exact) mass is 432 g/mol. The van der Waals surface area contributed by atoms with E-state index in [-0.39, 0.29) is 40.9 Å². The number of amidine groups is 1. The Morgan fingerprint density at radius 2 is 1.90 bits per heavy atom. The summed E-state index contributed by atoms with van der Waals surface area (Å²) in [6, 6.07) is 11.4. The number of benzene rings is 2. The lowest BCUT2D eigenvalue weighted by molar-refractivity contribution is -0.117. The molecule has 2 aromatic rings.